The zero-order valence-corrected chi connectivity index (χ0v) is 12.6. The lowest BCUT2D eigenvalue weighted by molar-refractivity contribution is 0.262. The van der Waals surface area contributed by atoms with Gasteiger partial charge in [0.05, 0.1) is 22.1 Å². The summed E-state index contributed by atoms with van der Waals surface area (Å²) in [7, 11) is 1.79. The second kappa shape index (κ2) is 5.53. The molecule has 0 atom stereocenters. The molecule has 0 aliphatic rings. The van der Waals surface area contributed by atoms with Crippen LogP contribution in [0.4, 0.5) is 15.6 Å². The van der Waals surface area contributed by atoms with Gasteiger partial charge in [-0.1, -0.05) is 24.3 Å². The van der Waals surface area contributed by atoms with Crippen LogP contribution in [0.1, 0.15) is 12.5 Å². The molecule has 0 saturated heterocycles. The van der Waals surface area contributed by atoms with Gasteiger partial charge in [-0.25, -0.2) is 9.78 Å². The maximum absolute atomic E-state index is 11.9. The van der Waals surface area contributed by atoms with Gasteiger partial charge in [0.1, 0.15) is 0 Å². The quantitative estimate of drug-likeness (QED) is 0.780. The first-order chi connectivity index (χ1) is 10.1. The number of carbonyl (C=O) groups is 1. The molecule has 3 rings (SSSR count). The lowest BCUT2D eigenvalue weighted by Crippen LogP contribution is -2.18. The number of thiazole rings is 1. The minimum atomic E-state index is -0.322. The van der Waals surface area contributed by atoms with Crippen LogP contribution in [-0.2, 0) is 13.5 Å². The van der Waals surface area contributed by atoms with Crippen LogP contribution in [0.2, 0.25) is 0 Å². The van der Waals surface area contributed by atoms with E-state index in [0.717, 1.165) is 16.6 Å². The van der Waals surface area contributed by atoms with Gasteiger partial charge < -0.3 is 5.32 Å². The van der Waals surface area contributed by atoms with Crippen LogP contribution in [0.5, 0.6) is 0 Å². The van der Waals surface area contributed by atoms with Gasteiger partial charge in [-0.05, 0) is 24.1 Å². The molecule has 6 nitrogen and oxygen atoms in total. The van der Waals surface area contributed by atoms with Crippen LogP contribution >= 0.6 is 11.3 Å². The summed E-state index contributed by atoms with van der Waals surface area (Å²) < 4.78 is 2.70. The second-order valence-electron chi connectivity index (χ2n) is 4.66. The number of urea groups is 1. The summed E-state index contributed by atoms with van der Waals surface area (Å²) in [4.78, 5) is 16.3. The number of hydrogen-bond donors (Lipinski definition) is 2. The lowest BCUT2D eigenvalue weighted by Gasteiger charge is -2.01. The number of benzene rings is 1. The number of nitrogens with one attached hydrogen (secondary N) is 2. The maximum atomic E-state index is 11.9. The Balaban J connectivity index is 1.73. The molecule has 108 valence electrons. The molecule has 3 aromatic rings. The monoisotopic (exact) mass is 301 g/mol. The molecule has 2 aromatic heterocycles. The minimum Gasteiger partial charge on any atom is -0.305 e. The highest BCUT2D eigenvalue weighted by Gasteiger charge is 2.09. The molecule has 2 N–H and O–H groups in total. The number of aromatic nitrogens is 3. The third-order valence-corrected chi connectivity index (χ3v) is 3.98. The van der Waals surface area contributed by atoms with Crippen LogP contribution < -0.4 is 10.6 Å². The van der Waals surface area contributed by atoms with Crippen molar-refractivity contribution < 1.29 is 4.79 Å². The van der Waals surface area contributed by atoms with Crippen molar-refractivity contribution in [1.29, 1.82) is 0 Å². The van der Waals surface area contributed by atoms with Crippen molar-refractivity contribution in [2.75, 3.05) is 10.6 Å². The van der Waals surface area contributed by atoms with Gasteiger partial charge in [-0.15, -0.1) is 0 Å². The Labute approximate surface area is 125 Å². The lowest BCUT2D eigenvalue weighted by atomic mass is 10.2. The smallest absolute Gasteiger partial charge is 0.305 e. The predicted molar refractivity (Wildman–Crippen MR) is 84.8 cm³/mol. The summed E-state index contributed by atoms with van der Waals surface area (Å²) in [5, 5.41) is 10.0. The van der Waals surface area contributed by atoms with Gasteiger partial charge >= 0.3 is 6.03 Å². The standard InChI is InChI=1S/C14H15N5OS/c1-3-9-4-5-11-12(6-9)21-14(17-11)18-13(20)16-10-7-15-19(2)8-10/h4-8H,3H2,1-2H3,(H2,16,17,18,20). The Morgan fingerprint density at radius 3 is 2.95 bits per heavy atom. The molecule has 0 unspecified atom stereocenters. The fourth-order valence-electron chi connectivity index (χ4n) is 1.99. The number of carbonyl (C=O) groups excluding carboxylic acids is 1. The molecule has 7 heteroatoms. The first kappa shape index (κ1) is 13.6. The molecule has 2 heterocycles. The summed E-state index contributed by atoms with van der Waals surface area (Å²) in [5.41, 5.74) is 2.80. The normalized spacial score (nSPS) is 10.8. The number of fused-ring (bicyclic) bond motifs is 1. The summed E-state index contributed by atoms with van der Waals surface area (Å²) in [6.07, 6.45) is 4.30. The largest absolute Gasteiger partial charge is 0.325 e. The number of aryl methyl sites for hydroxylation is 2. The van der Waals surface area contributed by atoms with E-state index in [4.69, 9.17) is 0 Å². The van der Waals surface area contributed by atoms with Crippen molar-refractivity contribution in [2.24, 2.45) is 7.05 Å². The number of nitrogens with zero attached hydrogens (tertiary/aromatic N) is 3. The van der Waals surface area contributed by atoms with Gasteiger partial charge in [0.15, 0.2) is 5.13 Å². The molecule has 2 amide bonds. The van der Waals surface area contributed by atoms with Crippen molar-refractivity contribution in [2.45, 2.75) is 13.3 Å². The number of rotatable bonds is 3. The molecule has 0 aliphatic carbocycles. The molecule has 0 saturated carbocycles. The van der Waals surface area contributed by atoms with E-state index in [-0.39, 0.29) is 6.03 Å². The van der Waals surface area contributed by atoms with Crippen LogP contribution in [-0.4, -0.2) is 20.8 Å². The highest BCUT2D eigenvalue weighted by atomic mass is 32.1. The van der Waals surface area contributed by atoms with E-state index >= 15 is 0 Å². The topological polar surface area (TPSA) is 71.8 Å². The van der Waals surface area contributed by atoms with Crippen LogP contribution in [0, 0.1) is 0 Å². The fraction of sp³-hybridized carbons (Fsp3) is 0.214. The molecule has 0 spiro atoms. The number of anilines is 2. The van der Waals surface area contributed by atoms with Crippen LogP contribution in [0.15, 0.2) is 30.6 Å². The highest BCUT2D eigenvalue weighted by molar-refractivity contribution is 7.22. The maximum Gasteiger partial charge on any atom is 0.325 e. The Hall–Kier alpha value is -2.41. The van der Waals surface area contributed by atoms with E-state index < -0.39 is 0 Å². The van der Waals surface area contributed by atoms with Gasteiger partial charge in [0.25, 0.3) is 0 Å². The molecular formula is C14H15N5OS. The van der Waals surface area contributed by atoms with Crippen molar-refractivity contribution in [3.8, 4) is 0 Å². The zero-order chi connectivity index (χ0) is 14.8. The Morgan fingerprint density at radius 2 is 2.24 bits per heavy atom. The van der Waals surface area contributed by atoms with E-state index in [2.05, 4.69) is 39.8 Å². The average molecular weight is 301 g/mol. The van der Waals surface area contributed by atoms with Crippen molar-refractivity contribution in [1.82, 2.24) is 14.8 Å². The molecule has 0 bridgehead atoms. The zero-order valence-electron chi connectivity index (χ0n) is 11.8. The fourth-order valence-corrected chi connectivity index (χ4v) is 2.91. The SMILES string of the molecule is CCc1ccc2nc(NC(=O)Nc3cnn(C)c3)sc2c1. The molecular weight excluding hydrogens is 286 g/mol. The van der Waals surface area contributed by atoms with Gasteiger partial charge in [0, 0.05) is 13.2 Å². The number of hydrogen-bond acceptors (Lipinski definition) is 4. The van der Waals surface area contributed by atoms with Crippen molar-refractivity contribution in [3.05, 3.63) is 36.2 Å². The second-order valence-corrected chi connectivity index (χ2v) is 5.69. The van der Waals surface area contributed by atoms with Gasteiger partial charge in [-0.2, -0.15) is 5.10 Å². The Bertz CT molecular complexity index is 792. The molecule has 21 heavy (non-hydrogen) atoms. The van der Waals surface area contributed by atoms with E-state index in [1.165, 1.54) is 16.9 Å². The van der Waals surface area contributed by atoms with Crippen LogP contribution in [0.3, 0.4) is 0 Å². The highest BCUT2D eigenvalue weighted by Crippen LogP contribution is 2.27. The van der Waals surface area contributed by atoms with E-state index in [0.29, 0.717) is 10.8 Å². The summed E-state index contributed by atoms with van der Waals surface area (Å²) >= 11 is 1.47. The van der Waals surface area contributed by atoms with Crippen molar-refractivity contribution >= 4 is 38.4 Å². The molecule has 0 fully saturated rings. The van der Waals surface area contributed by atoms with E-state index in [9.17, 15) is 4.79 Å². The molecule has 1 aromatic carbocycles. The van der Waals surface area contributed by atoms with E-state index in [1.54, 1.807) is 24.1 Å². The molecule has 0 aliphatic heterocycles. The van der Waals surface area contributed by atoms with Gasteiger partial charge in [-0.3, -0.25) is 10.00 Å². The third-order valence-electron chi connectivity index (χ3n) is 3.04. The predicted octanol–water partition coefficient (Wildman–Crippen LogP) is 3.24. The van der Waals surface area contributed by atoms with E-state index in [1.807, 2.05) is 6.07 Å². The summed E-state index contributed by atoms with van der Waals surface area (Å²) in [5.74, 6) is 0. The first-order valence-electron chi connectivity index (χ1n) is 6.60. The minimum absolute atomic E-state index is 0.322. The third kappa shape index (κ3) is 3.03. The Morgan fingerprint density at radius 1 is 1.38 bits per heavy atom. The first-order valence-corrected chi connectivity index (χ1v) is 7.42. The van der Waals surface area contributed by atoms with Crippen molar-refractivity contribution in [3.63, 3.8) is 0 Å². The summed E-state index contributed by atoms with van der Waals surface area (Å²) in [6, 6.07) is 5.82. The van der Waals surface area contributed by atoms with Gasteiger partial charge in [0.2, 0.25) is 0 Å². The average Bonchev–Trinajstić information content (AvgIpc) is 3.03. The Kier molecular flexibility index (Phi) is 3.57. The van der Waals surface area contributed by atoms with Crippen LogP contribution in [0.25, 0.3) is 10.2 Å². The number of amides is 2. The summed E-state index contributed by atoms with van der Waals surface area (Å²) in [6.45, 7) is 2.11. The molecule has 0 radical (unpaired) electrons.